The molecule has 0 amide bonds. The molecular formula is C11H11FN2O. The number of aliphatic hydroxyl groups excluding tert-OH is 1. The molecule has 0 aliphatic heterocycles. The second kappa shape index (κ2) is 3.82. The van der Waals surface area contributed by atoms with E-state index in [1.807, 2.05) is 0 Å². The highest BCUT2D eigenvalue weighted by Gasteiger charge is 2.06. The Labute approximate surface area is 86.8 Å². The first kappa shape index (κ1) is 9.86. The van der Waals surface area contributed by atoms with Gasteiger partial charge in [-0.25, -0.2) is 9.07 Å². The molecule has 0 unspecified atom stereocenters. The van der Waals surface area contributed by atoms with Crippen molar-refractivity contribution in [2.45, 2.75) is 13.5 Å². The zero-order valence-corrected chi connectivity index (χ0v) is 8.31. The number of rotatable bonds is 2. The van der Waals surface area contributed by atoms with Crippen LogP contribution >= 0.6 is 0 Å². The fourth-order valence-electron chi connectivity index (χ4n) is 1.42. The normalized spacial score (nSPS) is 10.6. The molecule has 15 heavy (non-hydrogen) atoms. The fraction of sp³-hybridized carbons (Fsp3) is 0.182. The number of benzene rings is 1. The molecule has 4 heteroatoms. The van der Waals surface area contributed by atoms with Gasteiger partial charge in [0.05, 0.1) is 18.0 Å². The molecule has 1 N–H and O–H groups in total. The quantitative estimate of drug-likeness (QED) is 0.813. The van der Waals surface area contributed by atoms with Crippen LogP contribution < -0.4 is 0 Å². The van der Waals surface area contributed by atoms with Gasteiger partial charge in [0.15, 0.2) is 0 Å². The number of aliphatic hydroxyl groups is 1. The van der Waals surface area contributed by atoms with Crippen molar-refractivity contribution in [1.82, 2.24) is 9.78 Å². The van der Waals surface area contributed by atoms with Crippen molar-refractivity contribution in [1.29, 1.82) is 0 Å². The van der Waals surface area contributed by atoms with Crippen LogP contribution in [-0.4, -0.2) is 14.9 Å². The maximum Gasteiger partial charge on any atom is 0.128 e. The minimum absolute atomic E-state index is 0.110. The van der Waals surface area contributed by atoms with E-state index in [0.717, 1.165) is 0 Å². The first-order valence-corrected chi connectivity index (χ1v) is 4.63. The summed E-state index contributed by atoms with van der Waals surface area (Å²) in [7, 11) is 0. The van der Waals surface area contributed by atoms with Crippen LogP contribution in [0.15, 0.2) is 30.5 Å². The summed E-state index contributed by atoms with van der Waals surface area (Å²) in [5.74, 6) is -0.256. The molecule has 0 spiro atoms. The molecule has 3 nitrogen and oxygen atoms in total. The van der Waals surface area contributed by atoms with Crippen molar-refractivity contribution in [3.63, 3.8) is 0 Å². The van der Waals surface area contributed by atoms with Crippen molar-refractivity contribution in [3.05, 3.63) is 47.5 Å². The van der Waals surface area contributed by atoms with Gasteiger partial charge in [-0.1, -0.05) is 6.07 Å². The van der Waals surface area contributed by atoms with E-state index in [4.69, 9.17) is 5.11 Å². The highest BCUT2D eigenvalue weighted by molar-refractivity contribution is 5.40. The lowest BCUT2D eigenvalue weighted by molar-refractivity contribution is 0.276. The summed E-state index contributed by atoms with van der Waals surface area (Å²) >= 11 is 0. The van der Waals surface area contributed by atoms with Crippen LogP contribution in [0.3, 0.4) is 0 Å². The van der Waals surface area contributed by atoms with Gasteiger partial charge in [0, 0.05) is 11.8 Å². The largest absolute Gasteiger partial charge is 0.390 e. The minimum Gasteiger partial charge on any atom is -0.390 e. The van der Waals surface area contributed by atoms with Gasteiger partial charge in [0.1, 0.15) is 5.82 Å². The van der Waals surface area contributed by atoms with E-state index in [-0.39, 0.29) is 12.4 Å². The van der Waals surface area contributed by atoms with Crippen molar-refractivity contribution >= 4 is 0 Å². The molecule has 0 saturated carbocycles. The Balaban J connectivity index is 2.49. The van der Waals surface area contributed by atoms with Gasteiger partial charge >= 0.3 is 0 Å². The predicted molar refractivity (Wildman–Crippen MR) is 54.2 cm³/mol. The SMILES string of the molecule is Cc1c(F)cccc1-n1ccc(CO)n1. The molecule has 1 aromatic carbocycles. The lowest BCUT2D eigenvalue weighted by Crippen LogP contribution is -2.00. The topological polar surface area (TPSA) is 38.0 Å². The third kappa shape index (κ3) is 1.76. The minimum atomic E-state index is -0.256. The van der Waals surface area contributed by atoms with Crippen molar-refractivity contribution in [3.8, 4) is 5.69 Å². The summed E-state index contributed by atoms with van der Waals surface area (Å²) in [4.78, 5) is 0. The number of halogens is 1. The van der Waals surface area contributed by atoms with Crippen LogP contribution in [0.5, 0.6) is 0 Å². The van der Waals surface area contributed by atoms with E-state index in [0.29, 0.717) is 16.9 Å². The first-order chi connectivity index (χ1) is 7.22. The molecular weight excluding hydrogens is 195 g/mol. The van der Waals surface area contributed by atoms with Crippen molar-refractivity contribution in [2.75, 3.05) is 0 Å². The molecule has 1 heterocycles. The van der Waals surface area contributed by atoms with Crippen LogP contribution in [0.4, 0.5) is 4.39 Å². The smallest absolute Gasteiger partial charge is 0.128 e. The summed E-state index contributed by atoms with van der Waals surface area (Å²) in [6, 6.07) is 6.53. The van der Waals surface area contributed by atoms with Gasteiger partial charge < -0.3 is 5.11 Å². The Morgan fingerprint density at radius 2 is 2.20 bits per heavy atom. The molecule has 0 aliphatic rings. The maximum atomic E-state index is 13.3. The second-order valence-electron chi connectivity index (χ2n) is 3.29. The second-order valence-corrected chi connectivity index (χ2v) is 3.29. The summed E-state index contributed by atoms with van der Waals surface area (Å²) in [6.45, 7) is 1.59. The molecule has 0 radical (unpaired) electrons. The van der Waals surface area contributed by atoms with E-state index < -0.39 is 0 Å². The first-order valence-electron chi connectivity index (χ1n) is 4.63. The standard InChI is InChI=1S/C11H11FN2O/c1-8-10(12)3-2-4-11(8)14-6-5-9(7-15)13-14/h2-6,15H,7H2,1H3. The van der Waals surface area contributed by atoms with Crippen LogP contribution in [0.25, 0.3) is 5.69 Å². The maximum absolute atomic E-state index is 13.3. The zero-order valence-electron chi connectivity index (χ0n) is 8.31. The summed E-state index contributed by atoms with van der Waals surface area (Å²) in [5, 5.41) is 13.0. The Kier molecular flexibility index (Phi) is 2.51. The Hall–Kier alpha value is -1.68. The van der Waals surface area contributed by atoms with E-state index >= 15 is 0 Å². The molecule has 2 rings (SSSR count). The average Bonchev–Trinajstić information content (AvgIpc) is 2.70. The van der Waals surface area contributed by atoms with Gasteiger partial charge in [-0.05, 0) is 25.1 Å². The van der Waals surface area contributed by atoms with Crippen LogP contribution in [0.2, 0.25) is 0 Å². The van der Waals surface area contributed by atoms with Gasteiger partial charge in [-0.15, -0.1) is 0 Å². The van der Waals surface area contributed by atoms with Crippen LogP contribution in [0.1, 0.15) is 11.3 Å². The molecule has 0 fully saturated rings. The monoisotopic (exact) mass is 206 g/mol. The third-order valence-corrected chi connectivity index (χ3v) is 2.29. The predicted octanol–water partition coefficient (Wildman–Crippen LogP) is 1.81. The highest BCUT2D eigenvalue weighted by Crippen LogP contribution is 2.16. The van der Waals surface area contributed by atoms with Crippen molar-refractivity contribution < 1.29 is 9.50 Å². The van der Waals surface area contributed by atoms with E-state index in [1.54, 1.807) is 36.0 Å². The molecule has 0 aliphatic carbocycles. The molecule has 1 aromatic heterocycles. The molecule has 78 valence electrons. The summed E-state index contributed by atoms with van der Waals surface area (Å²) in [6.07, 6.45) is 1.70. The van der Waals surface area contributed by atoms with Crippen molar-refractivity contribution in [2.24, 2.45) is 0 Å². The third-order valence-electron chi connectivity index (χ3n) is 2.29. The zero-order chi connectivity index (χ0) is 10.8. The Bertz CT molecular complexity index is 479. The highest BCUT2D eigenvalue weighted by atomic mass is 19.1. The molecule has 2 aromatic rings. The Morgan fingerprint density at radius 3 is 2.87 bits per heavy atom. The van der Waals surface area contributed by atoms with Gasteiger partial charge in [0.25, 0.3) is 0 Å². The Morgan fingerprint density at radius 1 is 1.40 bits per heavy atom. The molecule has 0 bridgehead atoms. The number of hydrogen-bond donors (Lipinski definition) is 1. The molecule has 0 saturated heterocycles. The van der Waals surface area contributed by atoms with Crippen LogP contribution in [-0.2, 0) is 6.61 Å². The molecule has 0 atom stereocenters. The van der Waals surface area contributed by atoms with Gasteiger partial charge in [-0.2, -0.15) is 5.10 Å². The number of nitrogens with zero attached hydrogens (tertiary/aromatic N) is 2. The lowest BCUT2D eigenvalue weighted by Gasteiger charge is -2.05. The average molecular weight is 206 g/mol. The van der Waals surface area contributed by atoms with Gasteiger partial charge in [-0.3, -0.25) is 0 Å². The van der Waals surface area contributed by atoms with E-state index in [1.165, 1.54) is 6.07 Å². The van der Waals surface area contributed by atoms with Gasteiger partial charge in [0.2, 0.25) is 0 Å². The lowest BCUT2D eigenvalue weighted by atomic mass is 10.2. The summed E-state index contributed by atoms with van der Waals surface area (Å²) in [5.41, 5.74) is 1.80. The van der Waals surface area contributed by atoms with Crippen LogP contribution in [0, 0.1) is 12.7 Å². The fourth-order valence-corrected chi connectivity index (χ4v) is 1.42. The van der Waals surface area contributed by atoms with E-state index in [2.05, 4.69) is 5.10 Å². The van der Waals surface area contributed by atoms with E-state index in [9.17, 15) is 4.39 Å². The summed E-state index contributed by atoms with van der Waals surface area (Å²) < 4.78 is 14.8. The number of aromatic nitrogens is 2. The number of hydrogen-bond acceptors (Lipinski definition) is 2.